The highest BCUT2D eigenvalue weighted by molar-refractivity contribution is 6.20. The third kappa shape index (κ3) is 25.8. The van der Waals surface area contributed by atoms with Crippen LogP contribution in [0, 0.1) is 0 Å². The standard InChI is InChI=1S/C102H138N6/c1-7-13-19-25-31-37-43-49-79-55-67-85(68-56-79)91-92(86-69-57-80(58-70-86)50-44-38-32-26-20-14-8-2)104-98-97(103-91)99-101(107-94(88-73-61-82(62-74-88)52-46-40-34-28-22-16-10-4)93(105-99)87-71-59-81(60-72-87)51-45-39-33-27-21-15-9-3)102-100(98)106-95(89-75-63-83(64-76-89)53-47-41-35-29-23-17-11-5)96(108-102)90-77-65-84(66-78-90)54-48-42-36-30-24-18-12-6/h55-78H,7-54H2,1-6H3. The predicted molar refractivity (Wildman–Crippen MR) is 469 cm³/mol. The summed E-state index contributed by atoms with van der Waals surface area (Å²) >= 11 is 0. The Kier molecular flexibility index (Phi) is 36.6. The van der Waals surface area contributed by atoms with Crippen LogP contribution in [0.2, 0.25) is 0 Å². The average Bonchev–Trinajstić information content (AvgIpc) is 0.714. The van der Waals surface area contributed by atoms with Crippen LogP contribution in [0.1, 0.15) is 345 Å². The summed E-state index contributed by atoms with van der Waals surface area (Å²) in [5, 5.41) is 0. The van der Waals surface area contributed by atoms with Gasteiger partial charge in [0.25, 0.3) is 0 Å². The van der Waals surface area contributed by atoms with E-state index in [-0.39, 0.29) is 0 Å². The number of rotatable bonds is 54. The maximum absolute atomic E-state index is 6.02. The second kappa shape index (κ2) is 47.6. The van der Waals surface area contributed by atoms with Gasteiger partial charge in [-0.2, -0.15) is 0 Å². The molecular formula is C102H138N6. The van der Waals surface area contributed by atoms with Gasteiger partial charge in [0.15, 0.2) is 0 Å². The fourth-order valence-corrected chi connectivity index (χ4v) is 16.2. The first-order valence-electron chi connectivity index (χ1n) is 44.7. The Hall–Kier alpha value is -7.44. The van der Waals surface area contributed by atoms with Crippen molar-refractivity contribution in [3.63, 3.8) is 0 Å². The van der Waals surface area contributed by atoms with Gasteiger partial charge in [-0.1, -0.05) is 418 Å². The molecule has 10 rings (SSSR count). The van der Waals surface area contributed by atoms with Crippen molar-refractivity contribution in [2.45, 2.75) is 350 Å². The molecule has 0 bridgehead atoms. The van der Waals surface area contributed by atoms with Crippen LogP contribution in [0.25, 0.3) is 101 Å². The quantitative estimate of drug-likeness (QED) is 0.0279. The van der Waals surface area contributed by atoms with Crippen molar-refractivity contribution in [2.75, 3.05) is 0 Å². The molecule has 6 heteroatoms. The molecule has 0 saturated carbocycles. The predicted octanol–water partition coefficient (Wildman–Crippen LogP) is 31.3. The molecule has 0 aliphatic rings. The van der Waals surface area contributed by atoms with Gasteiger partial charge in [-0.05, 0) is 110 Å². The molecule has 3 aromatic heterocycles. The zero-order valence-corrected chi connectivity index (χ0v) is 68.5. The first-order chi connectivity index (χ1) is 53.4. The van der Waals surface area contributed by atoms with Gasteiger partial charge >= 0.3 is 0 Å². The van der Waals surface area contributed by atoms with Gasteiger partial charge in [0.1, 0.15) is 33.1 Å². The maximum atomic E-state index is 6.02. The molecule has 0 fully saturated rings. The number of fused-ring (bicyclic) bond motifs is 6. The molecule has 0 radical (unpaired) electrons. The first-order valence-corrected chi connectivity index (χ1v) is 44.7. The summed E-state index contributed by atoms with van der Waals surface area (Å²) in [4.78, 5) is 36.1. The summed E-state index contributed by atoms with van der Waals surface area (Å²) in [5.41, 5.74) is 23.5. The van der Waals surface area contributed by atoms with E-state index in [1.165, 1.54) is 303 Å². The van der Waals surface area contributed by atoms with E-state index >= 15 is 0 Å². The number of aryl methyl sites for hydroxylation is 6. The molecule has 108 heavy (non-hydrogen) atoms. The Morgan fingerprint density at radius 2 is 0.250 bits per heavy atom. The zero-order valence-electron chi connectivity index (χ0n) is 68.5. The fraction of sp³-hybridized carbons (Fsp3) is 0.529. The van der Waals surface area contributed by atoms with Crippen LogP contribution < -0.4 is 0 Å². The highest BCUT2D eigenvalue weighted by Gasteiger charge is 2.27. The van der Waals surface area contributed by atoms with Gasteiger partial charge in [0.2, 0.25) is 0 Å². The van der Waals surface area contributed by atoms with Crippen molar-refractivity contribution >= 4 is 33.1 Å². The van der Waals surface area contributed by atoms with E-state index in [9.17, 15) is 0 Å². The molecule has 0 atom stereocenters. The van der Waals surface area contributed by atoms with Gasteiger partial charge in [-0.3, -0.25) is 0 Å². The molecule has 7 aromatic carbocycles. The van der Waals surface area contributed by atoms with E-state index in [1.54, 1.807) is 0 Å². The number of hydrogen-bond donors (Lipinski definition) is 0. The lowest BCUT2D eigenvalue weighted by molar-refractivity contribution is 0.589. The summed E-state index contributed by atoms with van der Waals surface area (Å²) in [7, 11) is 0. The van der Waals surface area contributed by atoms with E-state index < -0.39 is 0 Å². The van der Waals surface area contributed by atoms with Crippen molar-refractivity contribution in [1.82, 2.24) is 29.9 Å². The topological polar surface area (TPSA) is 77.3 Å². The Balaban J connectivity index is 1.17. The van der Waals surface area contributed by atoms with E-state index in [4.69, 9.17) is 29.9 Å². The van der Waals surface area contributed by atoms with E-state index in [0.717, 1.165) is 106 Å². The molecule has 6 nitrogen and oxygen atoms in total. The second-order valence-electron chi connectivity index (χ2n) is 32.3. The summed E-state index contributed by atoms with van der Waals surface area (Å²) in [5.74, 6) is 0. The van der Waals surface area contributed by atoms with Crippen LogP contribution in [-0.2, 0) is 38.5 Å². The number of hydrogen-bond acceptors (Lipinski definition) is 6. The van der Waals surface area contributed by atoms with Crippen molar-refractivity contribution in [3.05, 3.63) is 179 Å². The number of aromatic nitrogens is 6. The Bertz CT molecular complexity index is 3420. The minimum atomic E-state index is 0.688. The summed E-state index contributed by atoms with van der Waals surface area (Å²) < 4.78 is 0. The Morgan fingerprint density at radius 1 is 0.139 bits per heavy atom. The zero-order chi connectivity index (χ0) is 75.0. The Morgan fingerprint density at radius 3 is 0.370 bits per heavy atom. The second-order valence-corrected chi connectivity index (χ2v) is 32.3. The molecular weight excluding hydrogens is 1310 g/mol. The maximum Gasteiger partial charge on any atom is 0.120 e. The highest BCUT2D eigenvalue weighted by atomic mass is 14.9. The van der Waals surface area contributed by atoms with E-state index in [1.807, 2.05) is 0 Å². The molecule has 0 spiro atoms. The fourth-order valence-electron chi connectivity index (χ4n) is 16.2. The largest absolute Gasteiger partial charge is 0.241 e. The minimum absolute atomic E-state index is 0.688. The lowest BCUT2D eigenvalue weighted by Crippen LogP contribution is -2.05. The monoisotopic (exact) mass is 1450 g/mol. The van der Waals surface area contributed by atoms with Crippen LogP contribution >= 0.6 is 0 Å². The van der Waals surface area contributed by atoms with E-state index in [0.29, 0.717) is 33.1 Å². The number of benzene rings is 7. The molecule has 0 saturated heterocycles. The highest BCUT2D eigenvalue weighted by Crippen LogP contribution is 2.43. The third-order valence-corrected chi connectivity index (χ3v) is 23.1. The summed E-state index contributed by atoms with van der Waals surface area (Å²) in [6.45, 7) is 13.8. The SMILES string of the molecule is CCCCCCCCCc1ccc(-c2nc3c4nc(-c5ccc(CCCCCCCCC)cc5)c(-c5ccc(CCCCCCCCC)cc5)nc4c4nc(-c5ccc(CCCCCCCCC)cc5)c(-c5ccc(CCCCCCCCC)cc5)nc4c3nc2-c2ccc(CCCCCCCCC)cc2)cc1. The lowest BCUT2D eigenvalue weighted by Gasteiger charge is -2.18. The molecule has 0 unspecified atom stereocenters. The van der Waals surface area contributed by atoms with Crippen LogP contribution in [-0.4, -0.2) is 29.9 Å². The van der Waals surface area contributed by atoms with Gasteiger partial charge < -0.3 is 0 Å². The average molecular weight is 1450 g/mol. The van der Waals surface area contributed by atoms with Gasteiger partial charge in [0, 0.05) is 33.4 Å². The van der Waals surface area contributed by atoms with Gasteiger partial charge in [-0.15, -0.1) is 0 Å². The molecule has 10 aromatic rings. The van der Waals surface area contributed by atoms with Gasteiger partial charge in [0.05, 0.1) is 34.2 Å². The molecule has 0 amide bonds. The minimum Gasteiger partial charge on any atom is -0.241 e. The van der Waals surface area contributed by atoms with Crippen molar-refractivity contribution in [3.8, 4) is 67.5 Å². The van der Waals surface area contributed by atoms with Crippen LogP contribution in [0.3, 0.4) is 0 Å². The molecule has 576 valence electrons. The summed E-state index contributed by atoms with van der Waals surface area (Å²) in [6, 6.07) is 55.7. The van der Waals surface area contributed by atoms with Crippen molar-refractivity contribution in [1.29, 1.82) is 0 Å². The smallest absolute Gasteiger partial charge is 0.120 e. The first kappa shape index (κ1) is 83.0. The Labute approximate surface area is 655 Å². The third-order valence-electron chi connectivity index (χ3n) is 23.1. The molecule has 0 N–H and O–H groups in total. The number of nitrogens with zero attached hydrogens (tertiary/aromatic N) is 6. The van der Waals surface area contributed by atoms with Crippen molar-refractivity contribution < 1.29 is 0 Å². The lowest BCUT2D eigenvalue weighted by atomic mass is 9.97. The van der Waals surface area contributed by atoms with E-state index in [2.05, 4.69) is 187 Å². The number of unbranched alkanes of at least 4 members (excludes halogenated alkanes) is 36. The van der Waals surface area contributed by atoms with Gasteiger partial charge in [-0.25, -0.2) is 29.9 Å². The molecule has 0 aliphatic heterocycles. The van der Waals surface area contributed by atoms with Crippen LogP contribution in [0.5, 0.6) is 0 Å². The van der Waals surface area contributed by atoms with Crippen molar-refractivity contribution in [2.24, 2.45) is 0 Å². The van der Waals surface area contributed by atoms with Crippen LogP contribution in [0.15, 0.2) is 146 Å². The summed E-state index contributed by atoms with van der Waals surface area (Å²) in [6.07, 6.45) is 60.8. The van der Waals surface area contributed by atoms with Crippen LogP contribution in [0.4, 0.5) is 0 Å². The molecule has 3 heterocycles. The normalized spacial score (nSPS) is 11.7. The molecule has 0 aliphatic carbocycles.